The van der Waals surface area contributed by atoms with E-state index in [1.54, 1.807) is 7.05 Å². The third kappa shape index (κ3) is 2.71. The Morgan fingerprint density at radius 1 is 1.44 bits per heavy atom. The molecular weight excluding hydrogens is 304 g/mol. The van der Waals surface area contributed by atoms with Gasteiger partial charge in [-0.15, -0.1) is 0 Å². The second-order valence-corrected chi connectivity index (χ2v) is 5.82. The van der Waals surface area contributed by atoms with Crippen molar-refractivity contribution in [2.75, 3.05) is 13.6 Å². The van der Waals surface area contributed by atoms with Crippen molar-refractivity contribution in [2.24, 2.45) is 11.8 Å². The van der Waals surface area contributed by atoms with Crippen molar-refractivity contribution in [1.29, 1.82) is 0 Å². The molecule has 18 heavy (non-hydrogen) atoms. The van der Waals surface area contributed by atoms with E-state index >= 15 is 0 Å². The summed E-state index contributed by atoms with van der Waals surface area (Å²) in [5.41, 5.74) is -0.478. The smallest absolute Gasteiger partial charge is 0.259 e. The fourth-order valence-corrected chi connectivity index (χ4v) is 2.43. The van der Waals surface area contributed by atoms with Crippen molar-refractivity contribution in [3.8, 4) is 0 Å². The van der Waals surface area contributed by atoms with Crippen LogP contribution >= 0.6 is 15.9 Å². The average Bonchev–Trinajstić information content (AvgIpc) is 2.92. The zero-order valence-corrected chi connectivity index (χ0v) is 11.8. The van der Waals surface area contributed by atoms with E-state index in [-0.39, 0.29) is 4.47 Å². The van der Waals surface area contributed by atoms with E-state index in [1.165, 1.54) is 4.90 Å². The predicted octanol–water partition coefficient (Wildman–Crippen LogP) is 3.46. The summed E-state index contributed by atoms with van der Waals surface area (Å²) in [5.74, 6) is -1.21. The van der Waals surface area contributed by atoms with Gasteiger partial charge < -0.3 is 4.90 Å². The first-order valence-electron chi connectivity index (χ1n) is 5.80. The molecule has 2 nitrogen and oxygen atoms in total. The summed E-state index contributed by atoms with van der Waals surface area (Å²) in [6.45, 7) is 2.65. The Hall–Kier alpha value is -0.970. The first-order chi connectivity index (χ1) is 8.40. The van der Waals surface area contributed by atoms with Gasteiger partial charge in [0, 0.05) is 18.1 Å². The topological polar surface area (TPSA) is 20.3 Å². The number of carbonyl (C=O) groups is 1. The SMILES string of the molecule is CC1CC1CN(C)C(=O)c1c(F)cc(Br)cc1F. The predicted molar refractivity (Wildman–Crippen MR) is 68.3 cm³/mol. The van der Waals surface area contributed by atoms with Gasteiger partial charge in [0.2, 0.25) is 0 Å². The lowest BCUT2D eigenvalue weighted by atomic mass is 10.1. The van der Waals surface area contributed by atoms with Crippen LogP contribution in [0.1, 0.15) is 23.7 Å². The third-order valence-electron chi connectivity index (χ3n) is 3.35. The molecule has 0 N–H and O–H groups in total. The quantitative estimate of drug-likeness (QED) is 0.836. The second kappa shape index (κ2) is 4.96. The van der Waals surface area contributed by atoms with Crippen molar-refractivity contribution in [3.05, 3.63) is 33.8 Å². The van der Waals surface area contributed by atoms with Crippen LogP contribution in [-0.2, 0) is 0 Å². The third-order valence-corrected chi connectivity index (χ3v) is 3.81. The van der Waals surface area contributed by atoms with Gasteiger partial charge in [-0.2, -0.15) is 0 Å². The highest BCUT2D eigenvalue weighted by Gasteiger charge is 2.35. The summed E-state index contributed by atoms with van der Waals surface area (Å²) in [7, 11) is 1.58. The van der Waals surface area contributed by atoms with Crippen molar-refractivity contribution in [2.45, 2.75) is 13.3 Å². The lowest BCUT2D eigenvalue weighted by molar-refractivity contribution is 0.0777. The average molecular weight is 318 g/mol. The highest BCUT2D eigenvalue weighted by molar-refractivity contribution is 9.10. The number of nitrogens with zero attached hydrogens (tertiary/aromatic N) is 1. The number of hydrogen-bond donors (Lipinski definition) is 0. The molecule has 1 amide bonds. The van der Waals surface area contributed by atoms with Crippen molar-refractivity contribution in [3.63, 3.8) is 0 Å². The zero-order valence-electron chi connectivity index (χ0n) is 10.2. The maximum Gasteiger partial charge on any atom is 0.259 e. The lowest BCUT2D eigenvalue weighted by Crippen LogP contribution is -2.30. The van der Waals surface area contributed by atoms with E-state index in [0.717, 1.165) is 18.6 Å². The summed E-state index contributed by atoms with van der Waals surface area (Å²) in [5, 5.41) is 0. The minimum absolute atomic E-state index is 0.285. The Balaban J connectivity index is 2.17. The molecule has 0 spiro atoms. The highest BCUT2D eigenvalue weighted by Crippen LogP contribution is 2.38. The van der Waals surface area contributed by atoms with Crippen molar-refractivity contribution < 1.29 is 13.6 Å². The minimum atomic E-state index is -0.831. The molecule has 5 heteroatoms. The molecule has 2 rings (SSSR count). The van der Waals surface area contributed by atoms with Crippen LogP contribution in [-0.4, -0.2) is 24.4 Å². The number of hydrogen-bond acceptors (Lipinski definition) is 1. The monoisotopic (exact) mass is 317 g/mol. The molecule has 0 bridgehead atoms. The Bertz CT molecular complexity index is 469. The number of rotatable bonds is 3. The molecule has 2 unspecified atom stereocenters. The lowest BCUT2D eigenvalue weighted by Gasteiger charge is -2.18. The standard InChI is InChI=1S/C13H14BrF2NO/c1-7-3-8(7)6-17(2)13(18)12-10(15)4-9(14)5-11(12)16/h4-5,7-8H,3,6H2,1-2H3. The summed E-state index contributed by atoms with van der Waals surface area (Å²) >= 11 is 2.99. The number of carbonyl (C=O) groups excluding carboxylic acids is 1. The molecule has 2 atom stereocenters. The molecule has 0 aliphatic heterocycles. The number of halogens is 3. The zero-order chi connectivity index (χ0) is 13.4. The largest absolute Gasteiger partial charge is 0.341 e. The molecular formula is C13H14BrF2NO. The van der Waals surface area contributed by atoms with Gasteiger partial charge in [-0.3, -0.25) is 4.79 Å². The molecule has 0 heterocycles. The van der Waals surface area contributed by atoms with Crippen molar-refractivity contribution >= 4 is 21.8 Å². The van der Waals surface area contributed by atoms with Crippen LogP contribution in [0.15, 0.2) is 16.6 Å². The second-order valence-electron chi connectivity index (χ2n) is 4.90. The van der Waals surface area contributed by atoms with Gasteiger partial charge in [-0.25, -0.2) is 8.78 Å². The number of benzene rings is 1. The van der Waals surface area contributed by atoms with Gasteiger partial charge >= 0.3 is 0 Å². The number of amides is 1. The summed E-state index contributed by atoms with van der Waals surface area (Å²) in [4.78, 5) is 13.4. The normalized spacial score (nSPS) is 21.8. The molecule has 1 aliphatic carbocycles. The van der Waals surface area contributed by atoms with Gasteiger partial charge in [0.25, 0.3) is 5.91 Å². The van der Waals surface area contributed by atoms with Gasteiger partial charge in [-0.05, 0) is 30.4 Å². The van der Waals surface area contributed by atoms with Crippen LogP contribution in [0.25, 0.3) is 0 Å². The van der Waals surface area contributed by atoms with Crippen LogP contribution in [0.3, 0.4) is 0 Å². The maximum atomic E-state index is 13.6. The van der Waals surface area contributed by atoms with Crippen LogP contribution < -0.4 is 0 Å². The van der Waals surface area contributed by atoms with E-state index in [1.807, 2.05) is 0 Å². The Morgan fingerprint density at radius 2 is 1.94 bits per heavy atom. The van der Waals surface area contributed by atoms with E-state index in [9.17, 15) is 13.6 Å². The molecule has 0 aromatic heterocycles. The molecule has 1 fully saturated rings. The molecule has 1 saturated carbocycles. The van der Waals surface area contributed by atoms with Crippen LogP contribution in [0.5, 0.6) is 0 Å². The first kappa shape index (κ1) is 13.5. The fraction of sp³-hybridized carbons (Fsp3) is 0.462. The van der Waals surface area contributed by atoms with E-state index < -0.39 is 23.1 Å². The Labute approximate surface area is 113 Å². The summed E-state index contributed by atoms with van der Waals surface area (Å²) in [6.07, 6.45) is 1.07. The van der Waals surface area contributed by atoms with E-state index in [2.05, 4.69) is 22.9 Å². The van der Waals surface area contributed by atoms with Gasteiger partial charge in [0.1, 0.15) is 17.2 Å². The van der Waals surface area contributed by atoms with Crippen molar-refractivity contribution in [1.82, 2.24) is 4.90 Å². The first-order valence-corrected chi connectivity index (χ1v) is 6.59. The van der Waals surface area contributed by atoms with Crippen LogP contribution in [0.4, 0.5) is 8.78 Å². The molecule has 1 aromatic rings. The molecule has 0 saturated heterocycles. The van der Waals surface area contributed by atoms with Gasteiger partial charge in [-0.1, -0.05) is 22.9 Å². The molecule has 0 radical (unpaired) electrons. The van der Waals surface area contributed by atoms with Gasteiger partial charge in [0.15, 0.2) is 0 Å². The molecule has 1 aromatic carbocycles. The Kier molecular flexibility index (Phi) is 3.71. The van der Waals surface area contributed by atoms with Crippen LogP contribution in [0, 0.1) is 23.5 Å². The fourth-order valence-electron chi connectivity index (χ4n) is 2.03. The Morgan fingerprint density at radius 3 is 2.39 bits per heavy atom. The minimum Gasteiger partial charge on any atom is -0.341 e. The summed E-state index contributed by atoms with van der Waals surface area (Å²) in [6, 6.07) is 2.20. The van der Waals surface area contributed by atoms with E-state index in [0.29, 0.717) is 18.4 Å². The van der Waals surface area contributed by atoms with E-state index in [4.69, 9.17) is 0 Å². The summed E-state index contributed by atoms with van der Waals surface area (Å²) < 4.78 is 27.6. The molecule has 1 aliphatic rings. The molecule has 98 valence electrons. The van der Waals surface area contributed by atoms with Gasteiger partial charge in [0.05, 0.1) is 0 Å². The highest BCUT2D eigenvalue weighted by atomic mass is 79.9. The van der Waals surface area contributed by atoms with Crippen LogP contribution in [0.2, 0.25) is 0 Å². The maximum absolute atomic E-state index is 13.6.